The van der Waals surface area contributed by atoms with Gasteiger partial charge < -0.3 is 10.4 Å². The van der Waals surface area contributed by atoms with E-state index in [4.69, 9.17) is 5.11 Å². The van der Waals surface area contributed by atoms with Crippen LogP contribution in [-0.2, 0) is 4.79 Å². The van der Waals surface area contributed by atoms with Gasteiger partial charge in [-0.3, -0.25) is 4.79 Å². The second-order valence-corrected chi connectivity index (χ2v) is 3.08. The molecule has 0 fully saturated rings. The number of hydrogen-bond acceptors (Lipinski definition) is 2. The number of halogens is 1. The van der Waals surface area contributed by atoms with Gasteiger partial charge in [-0.2, -0.15) is 0 Å². The van der Waals surface area contributed by atoms with Crippen LogP contribution in [0.2, 0.25) is 0 Å². The summed E-state index contributed by atoms with van der Waals surface area (Å²) in [6.45, 7) is -0.0669. The molecule has 2 N–H and O–H groups in total. The molecule has 0 saturated carbocycles. The third-order valence-corrected chi connectivity index (χ3v) is 2.00. The van der Waals surface area contributed by atoms with Gasteiger partial charge in [0.15, 0.2) is 0 Å². The van der Waals surface area contributed by atoms with E-state index in [0.29, 0.717) is 0 Å². The predicted molar refractivity (Wildman–Crippen MR) is 50.3 cm³/mol. The molecule has 0 amide bonds. The molecule has 64 valence electrons. The van der Waals surface area contributed by atoms with Gasteiger partial charge in [-0.15, -0.1) is 0 Å². The second kappa shape index (κ2) is 4.11. The first-order valence-corrected chi connectivity index (χ1v) is 4.19. The normalized spacial score (nSPS) is 9.42. The smallest absolute Gasteiger partial charge is 0.322 e. The molecule has 0 aliphatic heterocycles. The quantitative estimate of drug-likeness (QED) is 0.834. The van der Waals surface area contributed by atoms with Crippen molar-refractivity contribution in [3.05, 3.63) is 28.7 Å². The first-order valence-electron chi connectivity index (χ1n) is 3.40. The monoisotopic (exact) mass is 229 g/mol. The van der Waals surface area contributed by atoms with Crippen LogP contribution in [0, 0.1) is 0 Å². The number of para-hydroxylation sites is 1. The van der Waals surface area contributed by atoms with Crippen molar-refractivity contribution in [3.8, 4) is 0 Å². The molecule has 0 unspecified atom stereocenters. The zero-order chi connectivity index (χ0) is 8.97. The molecule has 0 radical (unpaired) electrons. The molecule has 1 rings (SSSR count). The van der Waals surface area contributed by atoms with Gasteiger partial charge in [0, 0.05) is 10.2 Å². The van der Waals surface area contributed by atoms with Gasteiger partial charge in [-0.25, -0.2) is 0 Å². The van der Waals surface area contributed by atoms with Crippen molar-refractivity contribution in [2.75, 3.05) is 11.9 Å². The van der Waals surface area contributed by atoms with Gasteiger partial charge in [0.2, 0.25) is 0 Å². The van der Waals surface area contributed by atoms with Gasteiger partial charge in [0.1, 0.15) is 6.54 Å². The lowest BCUT2D eigenvalue weighted by Gasteiger charge is -2.04. The molecule has 1 aromatic rings. The molecular formula is C8H8BrNO2. The summed E-state index contributed by atoms with van der Waals surface area (Å²) in [5, 5.41) is 11.2. The number of nitrogens with one attached hydrogen (secondary N) is 1. The second-order valence-electron chi connectivity index (χ2n) is 2.23. The Morgan fingerprint density at radius 2 is 2.17 bits per heavy atom. The Labute approximate surface area is 78.5 Å². The van der Waals surface area contributed by atoms with Crippen LogP contribution >= 0.6 is 15.9 Å². The zero-order valence-electron chi connectivity index (χ0n) is 6.25. The van der Waals surface area contributed by atoms with E-state index in [-0.39, 0.29) is 6.54 Å². The van der Waals surface area contributed by atoms with Crippen LogP contribution in [0.1, 0.15) is 0 Å². The number of hydrogen-bond donors (Lipinski definition) is 2. The van der Waals surface area contributed by atoms with Crippen LogP contribution in [0.4, 0.5) is 5.69 Å². The van der Waals surface area contributed by atoms with E-state index < -0.39 is 5.97 Å². The minimum Gasteiger partial charge on any atom is -0.480 e. The highest BCUT2D eigenvalue weighted by molar-refractivity contribution is 9.10. The van der Waals surface area contributed by atoms with E-state index in [9.17, 15) is 4.79 Å². The molecule has 4 heteroatoms. The van der Waals surface area contributed by atoms with Crippen LogP contribution in [0.3, 0.4) is 0 Å². The van der Waals surface area contributed by atoms with Gasteiger partial charge in [0.05, 0.1) is 0 Å². The molecule has 0 aromatic heterocycles. The Morgan fingerprint density at radius 3 is 2.75 bits per heavy atom. The molecule has 0 bridgehead atoms. The Kier molecular flexibility index (Phi) is 3.10. The van der Waals surface area contributed by atoms with Crippen molar-refractivity contribution in [2.45, 2.75) is 0 Å². The molecule has 0 aliphatic rings. The molecule has 0 heterocycles. The molecule has 0 spiro atoms. The van der Waals surface area contributed by atoms with Crippen LogP contribution in [0.15, 0.2) is 28.7 Å². The number of carbonyl (C=O) groups is 1. The van der Waals surface area contributed by atoms with Gasteiger partial charge in [-0.05, 0) is 28.1 Å². The van der Waals surface area contributed by atoms with Crippen molar-refractivity contribution >= 4 is 27.6 Å². The van der Waals surface area contributed by atoms with E-state index in [1.54, 1.807) is 0 Å². The summed E-state index contributed by atoms with van der Waals surface area (Å²) < 4.78 is 0.867. The maximum Gasteiger partial charge on any atom is 0.322 e. The summed E-state index contributed by atoms with van der Waals surface area (Å²) in [4.78, 5) is 10.2. The number of carboxylic acid groups (broad SMARTS) is 1. The Hall–Kier alpha value is -1.03. The predicted octanol–water partition coefficient (Wildman–Crippen LogP) is 1.95. The fourth-order valence-electron chi connectivity index (χ4n) is 0.775. The van der Waals surface area contributed by atoms with E-state index in [0.717, 1.165) is 10.2 Å². The minimum atomic E-state index is -0.870. The summed E-state index contributed by atoms with van der Waals surface area (Å²) in [5.41, 5.74) is 0.792. The van der Waals surface area contributed by atoms with E-state index >= 15 is 0 Å². The molecule has 12 heavy (non-hydrogen) atoms. The third-order valence-electron chi connectivity index (χ3n) is 1.30. The summed E-state index contributed by atoms with van der Waals surface area (Å²) in [5.74, 6) is -0.870. The molecule has 0 aliphatic carbocycles. The first-order chi connectivity index (χ1) is 5.70. The van der Waals surface area contributed by atoms with Gasteiger partial charge in [0.25, 0.3) is 0 Å². The van der Waals surface area contributed by atoms with Crippen LogP contribution in [0.25, 0.3) is 0 Å². The topological polar surface area (TPSA) is 49.3 Å². The summed E-state index contributed by atoms with van der Waals surface area (Å²) in [7, 11) is 0. The summed E-state index contributed by atoms with van der Waals surface area (Å²) >= 11 is 3.29. The lowest BCUT2D eigenvalue weighted by Crippen LogP contribution is -2.12. The van der Waals surface area contributed by atoms with Crippen molar-refractivity contribution in [3.63, 3.8) is 0 Å². The molecule has 3 nitrogen and oxygen atoms in total. The average Bonchev–Trinajstić information content (AvgIpc) is 2.03. The minimum absolute atomic E-state index is 0.0669. The SMILES string of the molecule is O=C(O)CNc1ccccc1Br. The largest absolute Gasteiger partial charge is 0.480 e. The van der Waals surface area contributed by atoms with Crippen LogP contribution in [0.5, 0.6) is 0 Å². The van der Waals surface area contributed by atoms with Crippen molar-refractivity contribution < 1.29 is 9.90 Å². The fraction of sp³-hybridized carbons (Fsp3) is 0.125. The number of aliphatic carboxylic acids is 1. The van der Waals surface area contributed by atoms with Crippen molar-refractivity contribution in [1.82, 2.24) is 0 Å². The van der Waals surface area contributed by atoms with Gasteiger partial charge in [-0.1, -0.05) is 12.1 Å². The summed E-state index contributed by atoms with van der Waals surface area (Å²) in [6, 6.07) is 7.38. The van der Waals surface area contributed by atoms with Crippen LogP contribution < -0.4 is 5.32 Å². The average molecular weight is 230 g/mol. The van der Waals surface area contributed by atoms with Crippen molar-refractivity contribution in [2.24, 2.45) is 0 Å². The Morgan fingerprint density at radius 1 is 1.50 bits per heavy atom. The fourth-order valence-corrected chi connectivity index (χ4v) is 1.20. The highest BCUT2D eigenvalue weighted by Crippen LogP contribution is 2.20. The Bertz CT molecular complexity index is 288. The number of carboxylic acids is 1. The number of rotatable bonds is 3. The molecule has 0 saturated heterocycles. The van der Waals surface area contributed by atoms with Crippen molar-refractivity contribution in [1.29, 1.82) is 0 Å². The first kappa shape index (κ1) is 9.06. The maximum absolute atomic E-state index is 10.2. The molecular weight excluding hydrogens is 222 g/mol. The zero-order valence-corrected chi connectivity index (χ0v) is 7.84. The third kappa shape index (κ3) is 2.54. The van der Waals surface area contributed by atoms with E-state index in [1.807, 2.05) is 24.3 Å². The molecule has 1 aromatic carbocycles. The highest BCUT2D eigenvalue weighted by atomic mass is 79.9. The van der Waals surface area contributed by atoms with Gasteiger partial charge >= 0.3 is 5.97 Å². The number of anilines is 1. The number of benzene rings is 1. The van der Waals surface area contributed by atoms with E-state index in [1.165, 1.54) is 0 Å². The standard InChI is InChI=1S/C8H8BrNO2/c9-6-3-1-2-4-7(6)10-5-8(11)12/h1-4,10H,5H2,(H,11,12). The highest BCUT2D eigenvalue weighted by Gasteiger charge is 1.99. The van der Waals surface area contributed by atoms with Crippen LogP contribution in [-0.4, -0.2) is 17.6 Å². The lowest BCUT2D eigenvalue weighted by molar-refractivity contribution is -0.134. The van der Waals surface area contributed by atoms with E-state index in [2.05, 4.69) is 21.2 Å². The Balaban J connectivity index is 2.63. The lowest BCUT2D eigenvalue weighted by atomic mass is 10.3. The summed E-state index contributed by atoms with van der Waals surface area (Å²) in [6.07, 6.45) is 0. The maximum atomic E-state index is 10.2. The molecule has 0 atom stereocenters.